The molecule has 0 unspecified atom stereocenters. The van der Waals surface area contributed by atoms with E-state index in [4.69, 9.17) is 0 Å². The number of carbonyl (C=O) groups is 4. The van der Waals surface area contributed by atoms with E-state index in [1.54, 1.807) is 6.92 Å². The summed E-state index contributed by atoms with van der Waals surface area (Å²) in [6.45, 7) is 10.2. The molecule has 2 atom stereocenters. The maximum absolute atomic E-state index is 12.0. The van der Waals surface area contributed by atoms with E-state index in [2.05, 4.69) is 29.5 Å². The summed E-state index contributed by atoms with van der Waals surface area (Å²) in [4.78, 5) is 45.8. The van der Waals surface area contributed by atoms with Crippen molar-refractivity contribution >= 4 is 34.7 Å². The van der Waals surface area contributed by atoms with Gasteiger partial charge < -0.3 is 26.3 Å². The predicted octanol–water partition coefficient (Wildman–Crippen LogP) is -1.86. The topological polar surface area (TPSA) is 143 Å². The number of quaternary nitrogens is 1. The van der Waals surface area contributed by atoms with Gasteiger partial charge in [-0.3, -0.25) is 14.4 Å². The highest BCUT2D eigenvalue weighted by Gasteiger charge is 2.22. The number of amides is 2. The summed E-state index contributed by atoms with van der Waals surface area (Å²) < 4.78 is 0. The molecule has 2 amide bonds. The van der Waals surface area contributed by atoms with E-state index in [0.717, 1.165) is 11.8 Å². The van der Waals surface area contributed by atoms with Crippen molar-refractivity contribution in [3.63, 3.8) is 0 Å². The van der Waals surface area contributed by atoms with Crippen LogP contribution in [0, 0.1) is 0 Å². The molecule has 0 radical (unpaired) electrons. The van der Waals surface area contributed by atoms with Gasteiger partial charge in [-0.1, -0.05) is 24.9 Å². The normalized spacial score (nSPS) is 12.6. The molecule has 0 aliphatic heterocycles. The third kappa shape index (κ3) is 9.68. The molecule has 5 N–H and O–H groups in total. The van der Waals surface area contributed by atoms with Crippen molar-refractivity contribution in [3.05, 3.63) is 24.3 Å². The zero-order chi connectivity index (χ0) is 19.6. The molecule has 140 valence electrons. The Kier molecular flexibility index (Phi) is 10.5. The van der Waals surface area contributed by atoms with Crippen LogP contribution in [0.5, 0.6) is 0 Å². The number of nitrogens with one attached hydrogen (secondary N) is 2. The number of hydrogen-bond acceptors (Lipinski definition) is 6. The second-order valence-corrected chi connectivity index (χ2v) is 6.67. The molecule has 0 fully saturated rings. The van der Waals surface area contributed by atoms with E-state index in [9.17, 15) is 24.3 Å². The van der Waals surface area contributed by atoms with Crippen molar-refractivity contribution in [2.45, 2.75) is 38.8 Å². The molecule has 9 heteroatoms. The van der Waals surface area contributed by atoms with Crippen LogP contribution in [-0.4, -0.2) is 47.3 Å². The van der Waals surface area contributed by atoms with Crippen LogP contribution in [0.1, 0.15) is 26.7 Å². The number of hydrogen-bond donors (Lipinski definition) is 3. The van der Waals surface area contributed by atoms with Gasteiger partial charge in [-0.05, 0) is 25.8 Å². The Bertz CT molecular complexity index is 562. The lowest BCUT2D eigenvalue weighted by Gasteiger charge is -2.21. The number of rotatable bonds is 11. The molecule has 0 aromatic rings. The molecule has 0 saturated heterocycles. The minimum Gasteiger partial charge on any atom is -0.548 e. The molecule has 8 nitrogen and oxygen atoms in total. The van der Waals surface area contributed by atoms with Gasteiger partial charge in [0.25, 0.3) is 5.91 Å². The number of carboxylic acid groups (broad SMARTS) is 1. The SMILES string of the molecule is C=C(C)C(=O)NCC[C@H](NC(=O)[C@@H]([NH3+])CCSC(=O)C(=C)C)C(=O)[O-]. The van der Waals surface area contributed by atoms with Crippen LogP contribution in [0.25, 0.3) is 0 Å². The minimum absolute atomic E-state index is 0.0251. The lowest BCUT2D eigenvalue weighted by atomic mass is 10.1. The zero-order valence-corrected chi connectivity index (χ0v) is 15.4. The average molecular weight is 371 g/mol. The molecule has 25 heavy (non-hydrogen) atoms. The Morgan fingerprint density at radius 3 is 2.20 bits per heavy atom. The first-order valence-corrected chi connectivity index (χ1v) is 8.65. The fourth-order valence-corrected chi connectivity index (χ4v) is 2.40. The van der Waals surface area contributed by atoms with Crippen LogP contribution >= 0.6 is 11.8 Å². The van der Waals surface area contributed by atoms with E-state index in [1.165, 1.54) is 6.92 Å². The lowest BCUT2D eigenvalue weighted by Crippen LogP contribution is -2.69. The largest absolute Gasteiger partial charge is 0.548 e. The Balaban J connectivity index is 4.36. The Morgan fingerprint density at radius 1 is 1.12 bits per heavy atom. The monoisotopic (exact) mass is 371 g/mol. The van der Waals surface area contributed by atoms with E-state index in [-0.39, 0.29) is 18.1 Å². The summed E-state index contributed by atoms with van der Waals surface area (Å²) in [7, 11) is 0. The maximum Gasteiger partial charge on any atom is 0.278 e. The molecule has 0 aliphatic rings. The quantitative estimate of drug-likeness (QED) is 0.363. The minimum atomic E-state index is -1.45. The second kappa shape index (κ2) is 11.4. The lowest BCUT2D eigenvalue weighted by molar-refractivity contribution is -0.404. The number of thioether (sulfide) groups is 1. The third-order valence-corrected chi connectivity index (χ3v) is 4.18. The molecular formula is C16H25N3O5S. The zero-order valence-electron chi connectivity index (χ0n) is 14.6. The molecule has 0 bridgehead atoms. The van der Waals surface area contributed by atoms with Crippen LogP contribution in [0.15, 0.2) is 24.3 Å². The maximum atomic E-state index is 12.0. The average Bonchev–Trinajstić information content (AvgIpc) is 2.52. The Hall–Kier alpha value is -2.13. The summed E-state index contributed by atoms with van der Waals surface area (Å²) in [6.07, 6.45) is 0.282. The van der Waals surface area contributed by atoms with Crippen LogP contribution in [0.4, 0.5) is 0 Å². The van der Waals surface area contributed by atoms with E-state index in [0.29, 0.717) is 23.3 Å². The van der Waals surface area contributed by atoms with E-state index < -0.39 is 29.9 Å². The third-order valence-electron chi connectivity index (χ3n) is 3.13. The smallest absolute Gasteiger partial charge is 0.278 e. The molecular weight excluding hydrogens is 346 g/mol. The summed E-state index contributed by atoms with van der Waals surface area (Å²) in [5, 5.41) is 15.8. The molecule has 0 saturated carbocycles. The van der Waals surface area contributed by atoms with Gasteiger partial charge in [-0.25, -0.2) is 0 Å². The highest BCUT2D eigenvalue weighted by Crippen LogP contribution is 2.10. The van der Waals surface area contributed by atoms with Crippen LogP contribution in [0.3, 0.4) is 0 Å². The molecule has 0 aromatic carbocycles. The van der Waals surface area contributed by atoms with Gasteiger partial charge >= 0.3 is 0 Å². The van der Waals surface area contributed by atoms with Gasteiger partial charge in [0.05, 0.1) is 12.0 Å². The first kappa shape index (κ1) is 22.9. The highest BCUT2D eigenvalue weighted by molar-refractivity contribution is 8.14. The summed E-state index contributed by atoms with van der Waals surface area (Å²) in [6, 6.07) is -1.95. The van der Waals surface area contributed by atoms with Crippen molar-refractivity contribution in [3.8, 4) is 0 Å². The second-order valence-electron chi connectivity index (χ2n) is 5.61. The Labute approximate surface area is 151 Å². The molecule has 0 aliphatic carbocycles. The molecule has 0 heterocycles. The van der Waals surface area contributed by atoms with E-state index in [1.807, 2.05) is 0 Å². The van der Waals surface area contributed by atoms with Crippen LogP contribution in [0.2, 0.25) is 0 Å². The first-order valence-electron chi connectivity index (χ1n) is 7.66. The number of carboxylic acids is 1. The number of aliphatic carboxylic acids is 1. The van der Waals surface area contributed by atoms with E-state index >= 15 is 0 Å². The molecule has 0 aromatic heterocycles. The fourth-order valence-electron chi connectivity index (χ4n) is 1.57. The van der Waals surface area contributed by atoms with Gasteiger partial charge in [0, 0.05) is 24.3 Å². The Morgan fingerprint density at radius 2 is 1.72 bits per heavy atom. The summed E-state index contributed by atoms with van der Waals surface area (Å²) >= 11 is 1.03. The van der Waals surface area contributed by atoms with Crippen molar-refractivity contribution in [1.82, 2.24) is 10.6 Å². The van der Waals surface area contributed by atoms with Crippen molar-refractivity contribution in [2.24, 2.45) is 0 Å². The molecule has 0 spiro atoms. The fraction of sp³-hybridized carbons (Fsp3) is 0.500. The van der Waals surface area contributed by atoms with Gasteiger partial charge in [0.1, 0.15) is 0 Å². The summed E-state index contributed by atoms with van der Waals surface area (Å²) in [5.74, 6) is -2.02. The van der Waals surface area contributed by atoms with Crippen molar-refractivity contribution < 1.29 is 30.0 Å². The van der Waals surface area contributed by atoms with Gasteiger partial charge in [0.15, 0.2) is 6.04 Å². The first-order chi connectivity index (χ1) is 11.6. The van der Waals surface area contributed by atoms with Gasteiger partial charge in [0.2, 0.25) is 11.0 Å². The highest BCUT2D eigenvalue weighted by atomic mass is 32.2. The number of carbonyl (C=O) groups excluding carboxylic acids is 4. The van der Waals surface area contributed by atoms with Crippen LogP contribution < -0.4 is 21.5 Å². The predicted molar refractivity (Wildman–Crippen MR) is 93.0 cm³/mol. The summed E-state index contributed by atoms with van der Waals surface area (Å²) in [5.41, 5.74) is 4.39. The van der Waals surface area contributed by atoms with Crippen molar-refractivity contribution in [1.29, 1.82) is 0 Å². The standard InChI is InChI=1S/C16H25N3O5S/c1-9(2)13(20)18-7-5-12(15(22)23)19-14(21)11(17)6-8-25-16(24)10(3)4/h11-12H,1,3,5-8,17H2,2,4H3,(H,18,20)(H,19,21)(H,22,23)/t11-,12-/m0/s1. The van der Waals surface area contributed by atoms with Gasteiger partial charge in [-0.15, -0.1) is 0 Å². The van der Waals surface area contributed by atoms with Crippen molar-refractivity contribution in [2.75, 3.05) is 12.3 Å². The van der Waals surface area contributed by atoms with Crippen LogP contribution in [-0.2, 0) is 19.2 Å². The molecule has 0 rings (SSSR count). The van der Waals surface area contributed by atoms with Gasteiger partial charge in [-0.2, -0.15) is 0 Å².